The SMILES string of the molecule is O=C1C[C@@H]2CC[C@H](CNC(=O)c3cc(F)ccc3OCCN1)N2C(=O)c1nnc2n1CCCCC2. The highest BCUT2D eigenvalue weighted by atomic mass is 19.1. The van der Waals surface area contributed by atoms with E-state index < -0.39 is 11.7 Å². The van der Waals surface area contributed by atoms with Crippen LogP contribution in [-0.2, 0) is 17.8 Å². The number of rotatable bonds is 1. The average Bonchev–Trinajstić information content (AvgIpc) is 3.36. The van der Waals surface area contributed by atoms with Crippen LogP contribution in [0.5, 0.6) is 5.75 Å². The lowest BCUT2D eigenvalue weighted by Gasteiger charge is -2.30. The average molecular weight is 485 g/mol. The van der Waals surface area contributed by atoms with Gasteiger partial charge in [-0.1, -0.05) is 6.42 Å². The first kappa shape index (κ1) is 23.3. The lowest BCUT2D eigenvalue weighted by molar-refractivity contribution is -0.122. The number of hydrogen-bond donors (Lipinski definition) is 2. The van der Waals surface area contributed by atoms with Gasteiger partial charge in [0.2, 0.25) is 11.7 Å². The van der Waals surface area contributed by atoms with Crippen molar-refractivity contribution in [1.29, 1.82) is 0 Å². The van der Waals surface area contributed by atoms with Gasteiger partial charge in [-0.25, -0.2) is 4.39 Å². The fourth-order valence-electron chi connectivity index (χ4n) is 5.20. The highest BCUT2D eigenvalue weighted by Gasteiger charge is 2.40. The van der Waals surface area contributed by atoms with E-state index in [-0.39, 0.29) is 67.2 Å². The molecule has 2 atom stereocenters. The van der Waals surface area contributed by atoms with Crippen molar-refractivity contribution >= 4 is 17.7 Å². The molecule has 3 aliphatic rings. The van der Waals surface area contributed by atoms with Gasteiger partial charge in [-0.2, -0.15) is 0 Å². The van der Waals surface area contributed by atoms with Crippen LogP contribution < -0.4 is 15.4 Å². The molecule has 0 aliphatic carbocycles. The predicted molar refractivity (Wildman–Crippen MR) is 122 cm³/mol. The summed E-state index contributed by atoms with van der Waals surface area (Å²) in [5.41, 5.74) is 0.0728. The molecular weight excluding hydrogens is 455 g/mol. The minimum atomic E-state index is -0.554. The summed E-state index contributed by atoms with van der Waals surface area (Å²) in [5, 5.41) is 14.1. The summed E-state index contributed by atoms with van der Waals surface area (Å²) >= 11 is 0. The molecule has 3 aliphatic heterocycles. The quantitative estimate of drug-likeness (QED) is 0.633. The van der Waals surface area contributed by atoms with Crippen molar-refractivity contribution in [1.82, 2.24) is 30.3 Å². The third-order valence-electron chi connectivity index (χ3n) is 6.94. The van der Waals surface area contributed by atoms with Gasteiger partial charge in [0.05, 0.1) is 12.1 Å². The molecule has 35 heavy (non-hydrogen) atoms. The summed E-state index contributed by atoms with van der Waals surface area (Å²) in [5.74, 6) is -0.161. The standard InChI is InChI=1S/C24H29FN6O4/c25-15-5-8-19-18(12-15)23(33)27-14-17-7-6-16(13-21(32)26-9-11-35-19)31(17)24(34)22-29-28-20-4-2-1-3-10-30(20)22/h5,8,12,16-17H,1-4,6-7,9-11,13-14H2,(H,26,32)(H,27,33)/t16-,17+/m0/s1. The molecule has 3 amide bonds. The van der Waals surface area contributed by atoms with Crippen molar-refractivity contribution in [3.8, 4) is 5.75 Å². The Morgan fingerprint density at radius 1 is 1.09 bits per heavy atom. The summed E-state index contributed by atoms with van der Waals surface area (Å²) in [6.45, 7) is 1.20. The molecule has 186 valence electrons. The lowest BCUT2D eigenvalue weighted by Crippen LogP contribution is -2.48. The Bertz CT molecular complexity index is 1140. The van der Waals surface area contributed by atoms with Crippen LogP contribution in [0.4, 0.5) is 4.39 Å². The van der Waals surface area contributed by atoms with Crippen molar-refractivity contribution in [2.45, 2.75) is 63.6 Å². The van der Waals surface area contributed by atoms with E-state index in [1.807, 2.05) is 4.57 Å². The molecular formula is C24H29FN6O4. The van der Waals surface area contributed by atoms with E-state index in [9.17, 15) is 18.8 Å². The van der Waals surface area contributed by atoms with Gasteiger partial charge in [0.25, 0.3) is 11.8 Å². The second-order valence-electron chi connectivity index (χ2n) is 9.25. The number of aryl methyl sites for hydroxylation is 1. The van der Waals surface area contributed by atoms with Gasteiger partial charge in [-0.3, -0.25) is 14.4 Å². The number of hydrogen-bond acceptors (Lipinski definition) is 6. The fourth-order valence-corrected chi connectivity index (χ4v) is 5.20. The molecule has 0 radical (unpaired) electrons. The van der Waals surface area contributed by atoms with Crippen molar-refractivity contribution in [2.24, 2.45) is 0 Å². The van der Waals surface area contributed by atoms with Gasteiger partial charge in [-0.05, 0) is 43.9 Å². The number of ether oxygens (including phenoxy) is 1. The lowest BCUT2D eigenvalue weighted by atomic mass is 10.1. The number of carbonyl (C=O) groups excluding carboxylic acids is 3. The molecule has 10 nitrogen and oxygen atoms in total. The first-order chi connectivity index (χ1) is 17.0. The normalized spacial score (nSPS) is 23.2. The van der Waals surface area contributed by atoms with Gasteiger partial charge in [0, 0.05) is 38.0 Å². The van der Waals surface area contributed by atoms with E-state index in [0.717, 1.165) is 37.6 Å². The number of aromatic nitrogens is 3. The van der Waals surface area contributed by atoms with E-state index in [1.54, 1.807) is 4.90 Å². The molecule has 4 heterocycles. The summed E-state index contributed by atoms with van der Waals surface area (Å²) in [7, 11) is 0. The molecule has 0 unspecified atom stereocenters. The van der Waals surface area contributed by atoms with Crippen LogP contribution in [0.15, 0.2) is 18.2 Å². The van der Waals surface area contributed by atoms with Crippen LogP contribution >= 0.6 is 0 Å². The maximum absolute atomic E-state index is 13.9. The summed E-state index contributed by atoms with van der Waals surface area (Å²) in [6.07, 6.45) is 5.22. The Hall–Kier alpha value is -3.50. The zero-order valence-corrected chi connectivity index (χ0v) is 19.5. The van der Waals surface area contributed by atoms with Crippen LogP contribution in [0, 0.1) is 5.82 Å². The molecule has 2 N–H and O–H groups in total. The van der Waals surface area contributed by atoms with E-state index in [0.29, 0.717) is 19.4 Å². The molecule has 0 saturated carbocycles. The smallest absolute Gasteiger partial charge is 0.292 e. The number of benzene rings is 1. The van der Waals surface area contributed by atoms with Crippen LogP contribution in [0.25, 0.3) is 0 Å². The van der Waals surface area contributed by atoms with E-state index in [1.165, 1.54) is 12.1 Å². The van der Waals surface area contributed by atoms with Crippen LogP contribution in [0.3, 0.4) is 0 Å². The number of amides is 3. The molecule has 2 aromatic rings. The third-order valence-corrected chi connectivity index (χ3v) is 6.94. The van der Waals surface area contributed by atoms with E-state index >= 15 is 0 Å². The largest absolute Gasteiger partial charge is 0.491 e. The fraction of sp³-hybridized carbons (Fsp3) is 0.542. The third kappa shape index (κ3) is 4.85. The number of halogens is 1. The predicted octanol–water partition coefficient (Wildman–Crippen LogP) is 1.45. The summed E-state index contributed by atoms with van der Waals surface area (Å²) < 4.78 is 21.4. The molecule has 1 aromatic carbocycles. The maximum atomic E-state index is 13.9. The first-order valence-corrected chi connectivity index (χ1v) is 12.2. The Kier molecular flexibility index (Phi) is 6.65. The number of nitrogens with zero attached hydrogens (tertiary/aromatic N) is 4. The topological polar surface area (TPSA) is 118 Å². The molecule has 1 aromatic heterocycles. The van der Waals surface area contributed by atoms with Gasteiger partial charge in [0.15, 0.2) is 0 Å². The molecule has 0 spiro atoms. The van der Waals surface area contributed by atoms with Gasteiger partial charge in [0.1, 0.15) is 24.0 Å². The molecule has 11 heteroatoms. The number of carbonyl (C=O) groups is 3. The zero-order chi connectivity index (χ0) is 24.4. The van der Waals surface area contributed by atoms with Crippen molar-refractivity contribution in [2.75, 3.05) is 19.7 Å². The Labute approximate surface area is 202 Å². The van der Waals surface area contributed by atoms with Gasteiger partial charge < -0.3 is 24.8 Å². The monoisotopic (exact) mass is 484 g/mol. The maximum Gasteiger partial charge on any atom is 0.292 e. The van der Waals surface area contributed by atoms with E-state index in [4.69, 9.17) is 4.74 Å². The van der Waals surface area contributed by atoms with Crippen molar-refractivity contribution in [3.05, 3.63) is 41.2 Å². The van der Waals surface area contributed by atoms with Crippen LogP contribution in [0.1, 0.15) is 65.3 Å². The van der Waals surface area contributed by atoms with Crippen LogP contribution in [0.2, 0.25) is 0 Å². The highest BCUT2D eigenvalue weighted by Crippen LogP contribution is 2.29. The second kappa shape index (κ2) is 10.0. The molecule has 2 bridgehead atoms. The molecule has 1 saturated heterocycles. The number of nitrogens with one attached hydrogen (secondary N) is 2. The second-order valence-corrected chi connectivity index (χ2v) is 9.25. The molecule has 1 fully saturated rings. The van der Waals surface area contributed by atoms with Gasteiger partial charge in [-0.15, -0.1) is 10.2 Å². The first-order valence-electron chi connectivity index (χ1n) is 12.2. The summed E-state index contributed by atoms with van der Waals surface area (Å²) in [6, 6.07) is 3.09. The molecule has 5 rings (SSSR count). The Morgan fingerprint density at radius 3 is 2.83 bits per heavy atom. The van der Waals surface area contributed by atoms with E-state index in [2.05, 4.69) is 20.8 Å². The van der Waals surface area contributed by atoms with Crippen molar-refractivity contribution < 1.29 is 23.5 Å². The number of fused-ring (bicyclic) bond motifs is 4. The minimum Gasteiger partial charge on any atom is -0.491 e. The summed E-state index contributed by atoms with van der Waals surface area (Å²) in [4.78, 5) is 41.0. The zero-order valence-electron chi connectivity index (χ0n) is 19.5. The Morgan fingerprint density at radius 2 is 1.94 bits per heavy atom. The van der Waals surface area contributed by atoms with Crippen molar-refractivity contribution in [3.63, 3.8) is 0 Å². The minimum absolute atomic E-state index is 0.0728. The van der Waals surface area contributed by atoms with Crippen LogP contribution in [-0.4, -0.2) is 69.2 Å². The highest BCUT2D eigenvalue weighted by molar-refractivity contribution is 5.97. The Balaban J connectivity index is 1.43. The van der Waals surface area contributed by atoms with Gasteiger partial charge >= 0.3 is 0 Å².